The van der Waals surface area contributed by atoms with Gasteiger partial charge >= 0.3 is 10.1 Å². The molecule has 0 saturated carbocycles. The van der Waals surface area contributed by atoms with Crippen LogP contribution in [-0.4, -0.2) is 36.3 Å². The lowest BCUT2D eigenvalue weighted by atomic mass is 10.2. The molecule has 5 nitrogen and oxygen atoms in total. The van der Waals surface area contributed by atoms with Crippen molar-refractivity contribution < 1.29 is 17.4 Å². The quantitative estimate of drug-likeness (QED) is 0.456. The zero-order chi connectivity index (χ0) is 16.5. The lowest BCUT2D eigenvalue weighted by Crippen LogP contribution is -2.27. The fourth-order valence-corrected chi connectivity index (χ4v) is 3.82. The summed E-state index contributed by atoms with van der Waals surface area (Å²) < 4.78 is 28.0. The van der Waals surface area contributed by atoms with Gasteiger partial charge in [0.15, 0.2) is 0 Å². The minimum Gasteiger partial charge on any atom is -0.382 e. The van der Waals surface area contributed by atoms with Gasteiger partial charge in [-0.1, -0.05) is 35.6 Å². The molecule has 1 aliphatic heterocycles. The van der Waals surface area contributed by atoms with Crippen LogP contribution in [0.5, 0.6) is 5.75 Å². The molecule has 9 heteroatoms. The molecule has 2 rings (SSSR count). The number of amides is 1. The van der Waals surface area contributed by atoms with Crippen molar-refractivity contribution in [1.82, 2.24) is 4.90 Å². The van der Waals surface area contributed by atoms with Gasteiger partial charge in [-0.05, 0) is 31.2 Å². The fraction of sp³-hybridized carbons (Fsp3) is 0.231. The lowest BCUT2D eigenvalue weighted by Gasteiger charge is -2.10. The molecule has 0 bridgehead atoms. The molecule has 1 aromatic carbocycles. The second-order valence-corrected chi connectivity index (χ2v) is 8.08. The molecule has 1 aromatic rings. The van der Waals surface area contributed by atoms with Gasteiger partial charge in [-0.15, -0.1) is 0 Å². The van der Waals surface area contributed by atoms with Crippen molar-refractivity contribution in [3.63, 3.8) is 0 Å². The van der Waals surface area contributed by atoms with Gasteiger partial charge < -0.3 is 4.18 Å². The molecule has 0 aromatic heterocycles. The Morgan fingerprint density at radius 2 is 2.14 bits per heavy atom. The van der Waals surface area contributed by atoms with Crippen LogP contribution in [0.2, 0.25) is 5.02 Å². The summed E-state index contributed by atoms with van der Waals surface area (Å²) in [4.78, 5) is 14.1. The van der Waals surface area contributed by atoms with E-state index in [1.54, 1.807) is 0 Å². The van der Waals surface area contributed by atoms with Crippen LogP contribution < -0.4 is 4.18 Å². The number of carbonyl (C=O) groups excluding carboxylic acids is 1. The maximum Gasteiger partial charge on any atom is 0.306 e. The predicted octanol–water partition coefficient (Wildman–Crippen LogP) is 2.90. The van der Waals surface area contributed by atoms with Crippen LogP contribution in [0, 0.1) is 0 Å². The molecule has 118 valence electrons. The Hall–Kier alpha value is -1.09. The highest BCUT2D eigenvalue weighted by molar-refractivity contribution is 8.26. The molecule has 0 spiro atoms. The zero-order valence-electron chi connectivity index (χ0n) is 11.7. The third kappa shape index (κ3) is 4.01. The van der Waals surface area contributed by atoms with Gasteiger partial charge in [0.25, 0.3) is 5.91 Å². The second kappa shape index (κ2) is 6.57. The first-order valence-electron chi connectivity index (χ1n) is 6.15. The Morgan fingerprint density at radius 1 is 1.45 bits per heavy atom. The van der Waals surface area contributed by atoms with Crippen LogP contribution in [0.1, 0.15) is 12.5 Å². The number of benzene rings is 1. The van der Waals surface area contributed by atoms with E-state index in [0.29, 0.717) is 26.4 Å². The number of likely N-dealkylation sites (N-methyl/N-ethyl adjacent to an activating group) is 1. The molecule has 0 aliphatic carbocycles. The van der Waals surface area contributed by atoms with Crippen LogP contribution in [0.4, 0.5) is 0 Å². The molecule has 0 N–H and O–H groups in total. The first kappa shape index (κ1) is 17.3. The summed E-state index contributed by atoms with van der Waals surface area (Å²) in [6, 6.07) is 4.48. The minimum atomic E-state index is -3.69. The first-order chi connectivity index (χ1) is 10.2. The van der Waals surface area contributed by atoms with E-state index in [1.165, 1.54) is 29.2 Å². The molecule has 0 unspecified atom stereocenters. The van der Waals surface area contributed by atoms with Crippen molar-refractivity contribution in [3.05, 3.63) is 33.7 Å². The van der Waals surface area contributed by atoms with Crippen molar-refractivity contribution in [1.29, 1.82) is 0 Å². The third-order valence-electron chi connectivity index (χ3n) is 2.69. The number of hydrogen-bond donors (Lipinski definition) is 0. The topological polar surface area (TPSA) is 63.7 Å². The van der Waals surface area contributed by atoms with Crippen LogP contribution in [-0.2, 0) is 14.9 Å². The van der Waals surface area contributed by atoms with Gasteiger partial charge in [0.2, 0.25) is 0 Å². The van der Waals surface area contributed by atoms with Gasteiger partial charge in [-0.3, -0.25) is 9.69 Å². The predicted molar refractivity (Wildman–Crippen MR) is 92.5 cm³/mol. The molecule has 22 heavy (non-hydrogen) atoms. The summed E-state index contributed by atoms with van der Waals surface area (Å²) in [7, 11) is -3.69. The first-order valence-corrected chi connectivity index (χ1v) is 9.57. The van der Waals surface area contributed by atoms with E-state index in [4.69, 9.17) is 28.0 Å². The molecule has 1 aliphatic rings. The molecule has 1 amide bonds. The van der Waals surface area contributed by atoms with Crippen LogP contribution >= 0.6 is 35.6 Å². The van der Waals surface area contributed by atoms with Crippen molar-refractivity contribution in [3.8, 4) is 5.75 Å². The Labute approximate surface area is 143 Å². The number of thioether (sulfide) groups is 1. The molecule has 1 fully saturated rings. The van der Waals surface area contributed by atoms with Gasteiger partial charge in [0.05, 0.1) is 11.2 Å². The SMILES string of the molecule is CCN1C(=O)C(=Cc2cc(Cl)ccc2OS(C)(=O)=O)SC1=S. The summed E-state index contributed by atoms with van der Waals surface area (Å²) >= 11 is 12.2. The molecular weight excluding hydrogens is 366 g/mol. The highest BCUT2D eigenvalue weighted by Gasteiger charge is 2.30. The van der Waals surface area contributed by atoms with Crippen molar-refractivity contribution in [2.45, 2.75) is 6.92 Å². The smallest absolute Gasteiger partial charge is 0.306 e. The molecule has 1 heterocycles. The lowest BCUT2D eigenvalue weighted by molar-refractivity contribution is -0.121. The van der Waals surface area contributed by atoms with Crippen LogP contribution in [0.15, 0.2) is 23.1 Å². The highest BCUT2D eigenvalue weighted by atomic mass is 35.5. The second-order valence-electron chi connectivity index (χ2n) is 4.40. The van der Waals surface area contributed by atoms with Crippen LogP contribution in [0.3, 0.4) is 0 Å². The Balaban J connectivity index is 2.45. The summed E-state index contributed by atoms with van der Waals surface area (Å²) in [5.74, 6) is -0.114. The molecule has 0 atom stereocenters. The maximum absolute atomic E-state index is 12.2. The number of halogens is 1. The summed E-state index contributed by atoms with van der Waals surface area (Å²) in [6.07, 6.45) is 2.48. The number of nitrogens with zero attached hydrogens (tertiary/aromatic N) is 1. The average molecular weight is 378 g/mol. The van der Waals surface area contributed by atoms with Gasteiger partial charge in [-0.25, -0.2) is 0 Å². The number of rotatable bonds is 4. The van der Waals surface area contributed by atoms with Crippen molar-refractivity contribution in [2.24, 2.45) is 0 Å². The monoisotopic (exact) mass is 377 g/mol. The largest absolute Gasteiger partial charge is 0.382 e. The van der Waals surface area contributed by atoms with Gasteiger partial charge in [0, 0.05) is 17.1 Å². The maximum atomic E-state index is 12.2. The molecular formula is C13H12ClNO4S3. The van der Waals surface area contributed by atoms with Gasteiger partial charge in [0.1, 0.15) is 10.1 Å². The molecule has 1 saturated heterocycles. The number of hydrogen-bond acceptors (Lipinski definition) is 6. The van der Waals surface area contributed by atoms with Gasteiger partial charge in [-0.2, -0.15) is 8.42 Å². The number of carbonyl (C=O) groups is 1. The summed E-state index contributed by atoms with van der Waals surface area (Å²) in [5, 5.41) is 0.401. The third-order valence-corrected chi connectivity index (χ3v) is 4.78. The van der Waals surface area contributed by atoms with Crippen molar-refractivity contribution >= 4 is 62.0 Å². The normalized spacial score (nSPS) is 17.4. The number of thiocarbonyl (C=S) groups is 1. The Bertz CT molecular complexity index is 773. The van der Waals surface area contributed by atoms with E-state index < -0.39 is 10.1 Å². The summed E-state index contributed by atoms with van der Waals surface area (Å²) in [6.45, 7) is 2.30. The standard InChI is InChI=1S/C13H12ClNO4S3/c1-3-15-12(16)11(21-13(15)20)7-8-6-9(14)4-5-10(8)19-22(2,17)18/h4-7H,3H2,1-2H3. The van der Waals surface area contributed by atoms with E-state index in [-0.39, 0.29) is 11.7 Å². The van der Waals surface area contributed by atoms with Crippen molar-refractivity contribution in [2.75, 3.05) is 12.8 Å². The highest BCUT2D eigenvalue weighted by Crippen LogP contribution is 2.35. The Kier molecular flexibility index (Phi) is 5.16. The average Bonchev–Trinajstić information content (AvgIpc) is 2.66. The van der Waals surface area contributed by atoms with E-state index in [0.717, 1.165) is 18.0 Å². The summed E-state index contributed by atoms with van der Waals surface area (Å²) in [5.41, 5.74) is 0.398. The van der Waals surface area contributed by atoms with E-state index >= 15 is 0 Å². The zero-order valence-corrected chi connectivity index (χ0v) is 14.9. The fourth-order valence-electron chi connectivity index (χ4n) is 1.78. The van der Waals surface area contributed by atoms with E-state index in [2.05, 4.69) is 0 Å². The Morgan fingerprint density at radius 3 is 2.68 bits per heavy atom. The molecule has 0 radical (unpaired) electrons. The van der Waals surface area contributed by atoms with E-state index in [9.17, 15) is 13.2 Å². The minimum absolute atomic E-state index is 0.105. The van der Waals surface area contributed by atoms with E-state index in [1.807, 2.05) is 6.92 Å². The van der Waals surface area contributed by atoms with Crippen LogP contribution in [0.25, 0.3) is 6.08 Å².